The van der Waals surface area contributed by atoms with Crippen LogP contribution in [0, 0.1) is 11.3 Å². The van der Waals surface area contributed by atoms with Gasteiger partial charge in [0.2, 0.25) is 5.91 Å². The first-order chi connectivity index (χ1) is 9.03. The van der Waals surface area contributed by atoms with Crippen LogP contribution in [0.15, 0.2) is 5.16 Å². The lowest BCUT2D eigenvalue weighted by Crippen LogP contribution is -2.51. The molecule has 0 aliphatic heterocycles. The van der Waals surface area contributed by atoms with Crippen LogP contribution in [0.25, 0.3) is 0 Å². The summed E-state index contributed by atoms with van der Waals surface area (Å²) in [7, 11) is 0. The summed E-state index contributed by atoms with van der Waals surface area (Å²) in [5.74, 6) is 0.670. The second-order valence-corrected chi connectivity index (χ2v) is 5.53. The van der Waals surface area contributed by atoms with E-state index in [1.54, 1.807) is 0 Å². The highest BCUT2D eigenvalue weighted by molar-refractivity contribution is 6.06. The van der Waals surface area contributed by atoms with Crippen LogP contribution < -0.4 is 11.1 Å². The molecule has 0 heterocycles. The van der Waals surface area contributed by atoms with E-state index in [-0.39, 0.29) is 17.8 Å². The molecule has 0 bridgehead atoms. The van der Waals surface area contributed by atoms with Crippen molar-refractivity contribution < 1.29 is 10.0 Å². The molecule has 0 spiro atoms. The van der Waals surface area contributed by atoms with E-state index >= 15 is 0 Å². The first-order valence-electron chi connectivity index (χ1n) is 7.32. The third-order valence-electron chi connectivity index (χ3n) is 4.38. The van der Waals surface area contributed by atoms with E-state index in [0.29, 0.717) is 12.8 Å². The molecule has 0 saturated heterocycles. The monoisotopic (exact) mass is 269 g/mol. The van der Waals surface area contributed by atoms with E-state index < -0.39 is 5.41 Å². The Kier molecular flexibility index (Phi) is 5.63. The maximum Gasteiger partial charge on any atom is 0.234 e. The summed E-state index contributed by atoms with van der Waals surface area (Å²) in [5, 5.41) is 15.1. The van der Waals surface area contributed by atoms with Crippen LogP contribution in [-0.4, -0.2) is 23.0 Å². The highest BCUT2D eigenvalue weighted by atomic mass is 16.4. The quantitative estimate of drug-likeness (QED) is 0.273. The standard InChI is InChI=1S/C14H27N3O2/c1-4-11(9-10-7-8-10)16-13(18)14(5-2,6-3)12(15)17-19/h10-11,19H,4-9H2,1-3H3,(H2,15,17)(H,16,18). The number of amides is 1. The summed E-state index contributed by atoms with van der Waals surface area (Å²) in [4.78, 5) is 12.5. The molecule has 0 aromatic rings. The summed E-state index contributed by atoms with van der Waals surface area (Å²) in [6.45, 7) is 5.86. The summed E-state index contributed by atoms with van der Waals surface area (Å²) >= 11 is 0. The normalized spacial score (nSPS) is 18.2. The van der Waals surface area contributed by atoms with E-state index in [4.69, 9.17) is 10.9 Å². The Morgan fingerprint density at radius 3 is 2.37 bits per heavy atom. The molecule has 1 saturated carbocycles. The molecule has 5 heteroatoms. The van der Waals surface area contributed by atoms with Gasteiger partial charge in [0.05, 0.1) is 0 Å². The molecule has 1 aliphatic rings. The number of carbonyl (C=O) groups excluding carboxylic acids is 1. The van der Waals surface area contributed by atoms with Crippen molar-refractivity contribution in [2.75, 3.05) is 0 Å². The van der Waals surface area contributed by atoms with Gasteiger partial charge in [-0.3, -0.25) is 4.79 Å². The van der Waals surface area contributed by atoms with Crippen LogP contribution in [0.1, 0.15) is 59.3 Å². The molecule has 0 radical (unpaired) electrons. The lowest BCUT2D eigenvalue weighted by Gasteiger charge is -2.31. The summed E-state index contributed by atoms with van der Waals surface area (Å²) in [6.07, 6.45) is 5.58. The molecule has 5 nitrogen and oxygen atoms in total. The summed E-state index contributed by atoms with van der Waals surface area (Å²) in [6, 6.07) is 0.198. The van der Waals surface area contributed by atoms with Crippen molar-refractivity contribution in [2.24, 2.45) is 22.2 Å². The van der Waals surface area contributed by atoms with Crippen LogP contribution in [0.2, 0.25) is 0 Å². The van der Waals surface area contributed by atoms with E-state index in [1.165, 1.54) is 12.8 Å². The topological polar surface area (TPSA) is 87.7 Å². The SMILES string of the molecule is CCC(CC1CC1)NC(=O)C(CC)(CC)C(N)=NO. The lowest BCUT2D eigenvalue weighted by molar-refractivity contribution is -0.128. The van der Waals surface area contributed by atoms with Crippen molar-refractivity contribution in [2.45, 2.75) is 65.3 Å². The maximum atomic E-state index is 12.5. The highest BCUT2D eigenvalue weighted by Crippen LogP contribution is 2.34. The Labute approximate surface area is 115 Å². The molecular formula is C14H27N3O2. The average molecular weight is 269 g/mol. The Bertz CT molecular complexity index is 334. The minimum atomic E-state index is -0.883. The van der Waals surface area contributed by atoms with Gasteiger partial charge in [-0.25, -0.2) is 0 Å². The second-order valence-electron chi connectivity index (χ2n) is 5.53. The zero-order chi connectivity index (χ0) is 14.5. The number of rotatable bonds is 8. The molecule has 19 heavy (non-hydrogen) atoms. The van der Waals surface area contributed by atoms with Gasteiger partial charge in [0.1, 0.15) is 5.41 Å². The van der Waals surface area contributed by atoms with E-state index in [2.05, 4.69) is 17.4 Å². The van der Waals surface area contributed by atoms with E-state index in [9.17, 15) is 4.79 Å². The molecule has 1 aliphatic carbocycles. The molecule has 0 aromatic carbocycles. The van der Waals surface area contributed by atoms with E-state index in [1.807, 2.05) is 13.8 Å². The van der Waals surface area contributed by atoms with Crippen LogP contribution in [0.4, 0.5) is 0 Å². The lowest BCUT2D eigenvalue weighted by atomic mass is 9.79. The minimum absolute atomic E-state index is 0.0104. The predicted molar refractivity (Wildman–Crippen MR) is 76.0 cm³/mol. The molecule has 1 fully saturated rings. The third kappa shape index (κ3) is 3.61. The van der Waals surface area contributed by atoms with Gasteiger partial charge in [0, 0.05) is 6.04 Å². The average Bonchev–Trinajstić information content (AvgIpc) is 3.23. The molecule has 1 amide bonds. The highest BCUT2D eigenvalue weighted by Gasteiger charge is 2.40. The number of oxime groups is 1. The number of nitrogens with zero attached hydrogens (tertiary/aromatic N) is 1. The molecule has 4 N–H and O–H groups in total. The van der Waals surface area contributed by atoms with Gasteiger partial charge < -0.3 is 16.3 Å². The summed E-state index contributed by atoms with van der Waals surface area (Å²) < 4.78 is 0. The number of nitrogens with one attached hydrogen (secondary N) is 1. The zero-order valence-corrected chi connectivity index (χ0v) is 12.3. The number of hydrogen-bond donors (Lipinski definition) is 3. The smallest absolute Gasteiger partial charge is 0.234 e. The summed E-state index contributed by atoms with van der Waals surface area (Å²) in [5.41, 5.74) is 4.86. The predicted octanol–water partition coefficient (Wildman–Crippen LogP) is 2.23. The number of nitrogens with two attached hydrogens (primary N) is 1. The van der Waals surface area contributed by atoms with Gasteiger partial charge >= 0.3 is 0 Å². The first kappa shape index (κ1) is 15.8. The fourth-order valence-electron chi connectivity index (χ4n) is 2.55. The number of amidine groups is 1. The number of carbonyl (C=O) groups is 1. The Balaban J connectivity index is 2.75. The third-order valence-corrected chi connectivity index (χ3v) is 4.38. The fraction of sp³-hybridized carbons (Fsp3) is 0.857. The van der Waals surface area contributed by atoms with Crippen molar-refractivity contribution in [1.82, 2.24) is 5.32 Å². The van der Waals surface area contributed by atoms with Gasteiger partial charge in [-0.05, 0) is 31.6 Å². The first-order valence-corrected chi connectivity index (χ1v) is 7.32. The van der Waals surface area contributed by atoms with Crippen molar-refractivity contribution in [1.29, 1.82) is 0 Å². The fourth-order valence-corrected chi connectivity index (χ4v) is 2.55. The van der Waals surface area contributed by atoms with Crippen LogP contribution in [-0.2, 0) is 4.79 Å². The molecule has 1 atom stereocenters. The molecule has 0 aromatic heterocycles. The minimum Gasteiger partial charge on any atom is -0.409 e. The zero-order valence-electron chi connectivity index (χ0n) is 12.3. The van der Waals surface area contributed by atoms with Gasteiger partial charge in [0.25, 0.3) is 0 Å². The molecule has 1 unspecified atom stereocenters. The van der Waals surface area contributed by atoms with Crippen molar-refractivity contribution >= 4 is 11.7 Å². The van der Waals surface area contributed by atoms with Crippen molar-refractivity contribution in [3.05, 3.63) is 0 Å². The Hall–Kier alpha value is -1.26. The van der Waals surface area contributed by atoms with Gasteiger partial charge in [-0.1, -0.05) is 38.8 Å². The van der Waals surface area contributed by atoms with Crippen LogP contribution in [0.5, 0.6) is 0 Å². The van der Waals surface area contributed by atoms with Gasteiger partial charge in [-0.15, -0.1) is 0 Å². The number of hydrogen-bond acceptors (Lipinski definition) is 3. The molecule has 110 valence electrons. The van der Waals surface area contributed by atoms with Crippen molar-refractivity contribution in [3.63, 3.8) is 0 Å². The molecule has 1 rings (SSSR count). The molecular weight excluding hydrogens is 242 g/mol. The van der Waals surface area contributed by atoms with Crippen LogP contribution in [0.3, 0.4) is 0 Å². The Morgan fingerprint density at radius 1 is 1.42 bits per heavy atom. The second kappa shape index (κ2) is 6.78. The van der Waals surface area contributed by atoms with Crippen LogP contribution >= 0.6 is 0 Å². The van der Waals surface area contributed by atoms with Crippen molar-refractivity contribution in [3.8, 4) is 0 Å². The Morgan fingerprint density at radius 2 is 2.00 bits per heavy atom. The van der Waals surface area contributed by atoms with E-state index in [0.717, 1.165) is 18.8 Å². The van der Waals surface area contributed by atoms with Gasteiger partial charge in [-0.2, -0.15) is 0 Å². The largest absolute Gasteiger partial charge is 0.409 e. The maximum absolute atomic E-state index is 12.5. The van der Waals surface area contributed by atoms with Gasteiger partial charge in [0.15, 0.2) is 5.84 Å².